The summed E-state index contributed by atoms with van der Waals surface area (Å²) in [6, 6.07) is 4.15. The number of hydrogen-bond donors (Lipinski definition) is 2. The van der Waals surface area contributed by atoms with Crippen molar-refractivity contribution >= 4 is 5.96 Å². The molecule has 2 aromatic rings. The van der Waals surface area contributed by atoms with E-state index >= 15 is 0 Å². The van der Waals surface area contributed by atoms with Gasteiger partial charge in [0.2, 0.25) is 5.89 Å². The first kappa shape index (κ1) is 19.0. The average Bonchev–Trinajstić information content (AvgIpc) is 3.22. The fourth-order valence-electron chi connectivity index (χ4n) is 3.04. The van der Waals surface area contributed by atoms with Crippen molar-refractivity contribution in [3.05, 3.63) is 35.0 Å². The molecule has 1 aliphatic heterocycles. The number of fused-ring (bicyclic) bond motifs is 1. The molecule has 146 valence electrons. The van der Waals surface area contributed by atoms with Gasteiger partial charge < -0.3 is 24.6 Å². The zero-order valence-electron chi connectivity index (χ0n) is 16.3. The van der Waals surface area contributed by atoms with Crippen molar-refractivity contribution in [1.29, 1.82) is 0 Å². The van der Waals surface area contributed by atoms with Crippen LogP contribution >= 0.6 is 0 Å². The number of nitrogens with one attached hydrogen (secondary N) is 2. The van der Waals surface area contributed by atoms with Crippen molar-refractivity contribution in [2.45, 2.75) is 46.3 Å². The van der Waals surface area contributed by atoms with Gasteiger partial charge in [-0.05, 0) is 32.9 Å². The SMILES string of the molecule is CCOc1cc2c(cc1CNC(=NC)NCCc1nc(C)no1)OC(C)C2. The van der Waals surface area contributed by atoms with Crippen LogP contribution < -0.4 is 20.1 Å². The Morgan fingerprint density at radius 3 is 2.93 bits per heavy atom. The minimum atomic E-state index is 0.209. The Hall–Kier alpha value is -2.77. The van der Waals surface area contributed by atoms with Crippen LogP contribution in [0, 0.1) is 6.92 Å². The molecule has 1 aromatic heterocycles. The lowest BCUT2D eigenvalue weighted by atomic mass is 10.1. The van der Waals surface area contributed by atoms with Crippen LogP contribution in [-0.2, 0) is 19.4 Å². The van der Waals surface area contributed by atoms with Gasteiger partial charge in [0.1, 0.15) is 17.6 Å². The highest BCUT2D eigenvalue weighted by molar-refractivity contribution is 5.79. The molecule has 0 spiro atoms. The van der Waals surface area contributed by atoms with Crippen LogP contribution in [0.1, 0.15) is 36.7 Å². The smallest absolute Gasteiger partial charge is 0.228 e. The van der Waals surface area contributed by atoms with Crippen molar-refractivity contribution in [2.75, 3.05) is 20.2 Å². The largest absolute Gasteiger partial charge is 0.494 e. The molecule has 0 aliphatic carbocycles. The van der Waals surface area contributed by atoms with Gasteiger partial charge in [0.25, 0.3) is 0 Å². The number of rotatable bonds is 7. The van der Waals surface area contributed by atoms with Crippen LogP contribution in [0.25, 0.3) is 0 Å². The standard InChI is InChI=1S/C19H27N5O3/c1-5-25-16-9-14-8-12(2)26-17(14)10-15(16)11-22-19(20-4)21-7-6-18-23-13(3)24-27-18/h9-10,12H,5-8,11H2,1-4H3,(H2,20,21,22). The molecule has 8 nitrogen and oxygen atoms in total. The first-order valence-corrected chi connectivity index (χ1v) is 9.28. The lowest BCUT2D eigenvalue weighted by Gasteiger charge is -2.15. The van der Waals surface area contributed by atoms with Crippen LogP contribution in [0.4, 0.5) is 0 Å². The molecule has 27 heavy (non-hydrogen) atoms. The average molecular weight is 373 g/mol. The summed E-state index contributed by atoms with van der Waals surface area (Å²) in [5.41, 5.74) is 2.24. The zero-order chi connectivity index (χ0) is 19.2. The number of benzene rings is 1. The molecule has 0 bridgehead atoms. The fourth-order valence-corrected chi connectivity index (χ4v) is 3.04. The molecule has 0 radical (unpaired) electrons. The maximum Gasteiger partial charge on any atom is 0.228 e. The lowest BCUT2D eigenvalue weighted by molar-refractivity contribution is 0.254. The van der Waals surface area contributed by atoms with Crippen LogP contribution in [0.3, 0.4) is 0 Å². The number of guanidine groups is 1. The normalized spacial score (nSPS) is 16.0. The van der Waals surface area contributed by atoms with Crippen LogP contribution in [0.2, 0.25) is 0 Å². The summed E-state index contributed by atoms with van der Waals surface area (Å²) < 4.78 is 16.8. The van der Waals surface area contributed by atoms with Gasteiger partial charge in [0, 0.05) is 44.1 Å². The van der Waals surface area contributed by atoms with E-state index < -0.39 is 0 Å². The highest BCUT2D eigenvalue weighted by Gasteiger charge is 2.21. The quantitative estimate of drug-likeness (QED) is 0.566. The molecule has 1 aliphatic rings. The van der Waals surface area contributed by atoms with Gasteiger partial charge in [0.15, 0.2) is 11.8 Å². The second-order valence-corrected chi connectivity index (χ2v) is 6.47. The maximum absolute atomic E-state index is 5.88. The number of ether oxygens (including phenoxy) is 2. The monoisotopic (exact) mass is 373 g/mol. The fraction of sp³-hybridized carbons (Fsp3) is 0.526. The lowest BCUT2D eigenvalue weighted by Crippen LogP contribution is -2.38. The Balaban J connectivity index is 1.58. The van der Waals surface area contributed by atoms with Gasteiger partial charge in [-0.3, -0.25) is 4.99 Å². The van der Waals surface area contributed by atoms with Gasteiger partial charge in [-0.1, -0.05) is 5.16 Å². The number of aryl methyl sites for hydroxylation is 1. The van der Waals surface area contributed by atoms with E-state index in [1.165, 1.54) is 5.56 Å². The number of aliphatic imine (C=N–C) groups is 1. The van der Waals surface area contributed by atoms with Crippen LogP contribution in [0.5, 0.6) is 11.5 Å². The molecule has 0 saturated carbocycles. The van der Waals surface area contributed by atoms with Gasteiger partial charge >= 0.3 is 0 Å². The van der Waals surface area contributed by atoms with Gasteiger partial charge in [-0.15, -0.1) is 0 Å². The molecular weight excluding hydrogens is 346 g/mol. The van der Waals surface area contributed by atoms with Crippen molar-refractivity contribution in [3.63, 3.8) is 0 Å². The van der Waals surface area contributed by atoms with Crippen molar-refractivity contribution in [2.24, 2.45) is 4.99 Å². The Labute approximate surface area is 159 Å². The zero-order valence-corrected chi connectivity index (χ0v) is 16.3. The highest BCUT2D eigenvalue weighted by atomic mass is 16.5. The topological polar surface area (TPSA) is 93.8 Å². The molecule has 2 heterocycles. The molecule has 1 aromatic carbocycles. The molecule has 1 atom stereocenters. The predicted molar refractivity (Wildman–Crippen MR) is 102 cm³/mol. The maximum atomic E-state index is 5.88. The molecule has 1 unspecified atom stereocenters. The van der Waals surface area contributed by atoms with E-state index in [1.54, 1.807) is 14.0 Å². The summed E-state index contributed by atoms with van der Waals surface area (Å²) in [5, 5.41) is 10.3. The van der Waals surface area contributed by atoms with E-state index in [-0.39, 0.29) is 6.10 Å². The molecule has 0 saturated heterocycles. The minimum Gasteiger partial charge on any atom is -0.494 e. The predicted octanol–water partition coefficient (Wildman–Crippen LogP) is 2.01. The molecular formula is C19H27N5O3. The first-order valence-electron chi connectivity index (χ1n) is 9.28. The Kier molecular flexibility index (Phi) is 6.16. The minimum absolute atomic E-state index is 0.209. The summed E-state index contributed by atoms with van der Waals surface area (Å²) in [6.45, 7) is 7.72. The van der Waals surface area contributed by atoms with Crippen molar-refractivity contribution in [3.8, 4) is 11.5 Å². The summed E-state index contributed by atoms with van der Waals surface area (Å²) >= 11 is 0. The van der Waals surface area contributed by atoms with E-state index in [0.29, 0.717) is 43.8 Å². The van der Waals surface area contributed by atoms with Crippen LogP contribution in [0.15, 0.2) is 21.6 Å². The Morgan fingerprint density at radius 2 is 2.22 bits per heavy atom. The third-order valence-corrected chi connectivity index (χ3v) is 4.25. The molecule has 2 N–H and O–H groups in total. The Morgan fingerprint density at radius 1 is 1.37 bits per heavy atom. The number of nitrogens with zero attached hydrogens (tertiary/aromatic N) is 3. The van der Waals surface area contributed by atoms with E-state index in [2.05, 4.69) is 44.8 Å². The molecule has 3 rings (SSSR count). The summed E-state index contributed by atoms with van der Waals surface area (Å²) in [7, 11) is 1.74. The van der Waals surface area contributed by atoms with Crippen molar-refractivity contribution < 1.29 is 14.0 Å². The van der Waals surface area contributed by atoms with Gasteiger partial charge in [-0.2, -0.15) is 4.98 Å². The highest BCUT2D eigenvalue weighted by Crippen LogP contribution is 2.35. The van der Waals surface area contributed by atoms with E-state index in [9.17, 15) is 0 Å². The summed E-state index contributed by atoms with van der Waals surface area (Å²) in [6.07, 6.45) is 1.76. The van der Waals surface area contributed by atoms with E-state index in [4.69, 9.17) is 14.0 Å². The van der Waals surface area contributed by atoms with Gasteiger partial charge in [-0.25, -0.2) is 0 Å². The van der Waals surface area contributed by atoms with Crippen molar-refractivity contribution in [1.82, 2.24) is 20.8 Å². The summed E-state index contributed by atoms with van der Waals surface area (Å²) in [5.74, 6) is 3.78. The molecule has 0 amide bonds. The summed E-state index contributed by atoms with van der Waals surface area (Å²) in [4.78, 5) is 8.45. The number of aromatic nitrogens is 2. The second-order valence-electron chi connectivity index (χ2n) is 6.47. The number of hydrogen-bond acceptors (Lipinski definition) is 6. The molecule has 8 heteroatoms. The third-order valence-electron chi connectivity index (χ3n) is 4.25. The second kappa shape index (κ2) is 8.75. The molecule has 0 fully saturated rings. The van der Waals surface area contributed by atoms with E-state index in [0.717, 1.165) is 23.5 Å². The van der Waals surface area contributed by atoms with E-state index in [1.807, 2.05) is 6.92 Å². The van der Waals surface area contributed by atoms with Crippen LogP contribution in [-0.4, -0.2) is 42.4 Å². The Bertz CT molecular complexity index is 803. The van der Waals surface area contributed by atoms with Gasteiger partial charge in [0.05, 0.1) is 6.61 Å². The first-order chi connectivity index (χ1) is 13.1. The third kappa shape index (κ3) is 4.90.